The van der Waals surface area contributed by atoms with Crippen molar-refractivity contribution in [1.29, 1.82) is 0 Å². The normalized spacial score (nSPS) is 17.6. The third kappa shape index (κ3) is 2.77. The van der Waals surface area contributed by atoms with E-state index in [4.69, 9.17) is 4.74 Å². The molecule has 0 radical (unpaired) electrons. The summed E-state index contributed by atoms with van der Waals surface area (Å²) >= 11 is 0. The Morgan fingerprint density at radius 1 is 1.22 bits per heavy atom. The molecule has 1 saturated heterocycles. The Balaban J connectivity index is 1.45. The SMILES string of the molecule is O=C(c1cc2ccccn2c1)N1CC[C@H](Oc2ccccn2)C1. The van der Waals surface area contributed by atoms with Crippen LogP contribution >= 0.6 is 0 Å². The number of ether oxygens (including phenoxy) is 1. The largest absolute Gasteiger partial charge is 0.472 e. The Hall–Kier alpha value is -2.82. The van der Waals surface area contributed by atoms with Gasteiger partial charge in [-0.2, -0.15) is 0 Å². The number of rotatable bonds is 3. The minimum atomic E-state index is 0.00545. The number of fused-ring (bicyclic) bond motifs is 1. The van der Waals surface area contributed by atoms with E-state index in [9.17, 15) is 4.79 Å². The molecule has 0 bridgehead atoms. The summed E-state index contributed by atoms with van der Waals surface area (Å²) in [6, 6.07) is 13.4. The monoisotopic (exact) mass is 307 g/mol. The maximum Gasteiger partial charge on any atom is 0.255 e. The third-order valence-electron chi connectivity index (χ3n) is 4.11. The Bertz CT molecular complexity index is 795. The summed E-state index contributed by atoms with van der Waals surface area (Å²) in [7, 11) is 0. The molecule has 4 rings (SSSR count). The van der Waals surface area contributed by atoms with Crippen LogP contribution in [0.2, 0.25) is 0 Å². The van der Waals surface area contributed by atoms with Crippen molar-refractivity contribution in [2.24, 2.45) is 0 Å². The molecule has 23 heavy (non-hydrogen) atoms. The van der Waals surface area contributed by atoms with Gasteiger partial charge in [0.1, 0.15) is 6.10 Å². The van der Waals surface area contributed by atoms with Crippen LogP contribution in [0.15, 0.2) is 61.1 Å². The molecule has 0 aliphatic carbocycles. The van der Waals surface area contributed by atoms with Gasteiger partial charge in [-0.1, -0.05) is 12.1 Å². The number of hydrogen-bond donors (Lipinski definition) is 0. The highest BCUT2D eigenvalue weighted by atomic mass is 16.5. The van der Waals surface area contributed by atoms with Crippen LogP contribution in [0.3, 0.4) is 0 Å². The van der Waals surface area contributed by atoms with E-state index >= 15 is 0 Å². The lowest BCUT2D eigenvalue weighted by atomic mass is 10.3. The van der Waals surface area contributed by atoms with Crippen molar-refractivity contribution in [2.45, 2.75) is 12.5 Å². The summed E-state index contributed by atoms with van der Waals surface area (Å²) in [6.07, 6.45) is 6.37. The Morgan fingerprint density at radius 3 is 2.96 bits per heavy atom. The van der Waals surface area contributed by atoms with Crippen molar-refractivity contribution < 1.29 is 9.53 Å². The Kier molecular flexibility index (Phi) is 3.46. The number of nitrogens with zero attached hydrogens (tertiary/aromatic N) is 3. The van der Waals surface area contributed by atoms with Crippen LogP contribution < -0.4 is 4.74 Å². The van der Waals surface area contributed by atoms with E-state index in [-0.39, 0.29) is 12.0 Å². The van der Waals surface area contributed by atoms with Gasteiger partial charge in [0.15, 0.2) is 0 Å². The molecule has 1 fully saturated rings. The van der Waals surface area contributed by atoms with E-state index in [2.05, 4.69) is 4.98 Å². The molecule has 3 aromatic rings. The average molecular weight is 307 g/mol. The van der Waals surface area contributed by atoms with E-state index in [0.29, 0.717) is 19.0 Å². The molecule has 0 saturated carbocycles. The number of aromatic nitrogens is 2. The maximum absolute atomic E-state index is 12.7. The van der Waals surface area contributed by atoms with Crippen LogP contribution in [-0.2, 0) is 0 Å². The van der Waals surface area contributed by atoms with Gasteiger partial charge in [-0.25, -0.2) is 4.98 Å². The van der Waals surface area contributed by atoms with E-state index in [0.717, 1.165) is 17.5 Å². The fraction of sp³-hybridized carbons (Fsp3) is 0.222. The van der Waals surface area contributed by atoms with Crippen molar-refractivity contribution in [3.8, 4) is 5.88 Å². The van der Waals surface area contributed by atoms with Crippen molar-refractivity contribution >= 4 is 11.4 Å². The predicted molar refractivity (Wildman–Crippen MR) is 86.6 cm³/mol. The van der Waals surface area contributed by atoms with Crippen molar-refractivity contribution in [3.05, 3.63) is 66.6 Å². The van der Waals surface area contributed by atoms with Crippen molar-refractivity contribution in [2.75, 3.05) is 13.1 Å². The van der Waals surface area contributed by atoms with Gasteiger partial charge < -0.3 is 14.0 Å². The molecule has 0 aromatic carbocycles. The first-order valence-electron chi connectivity index (χ1n) is 7.73. The summed E-state index contributed by atoms with van der Waals surface area (Å²) in [5.74, 6) is 0.669. The molecule has 5 heteroatoms. The van der Waals surface area contributed by atoms with Gasteiger partial charge in [0.2, 0.25) is 5.88 Å². The second kappa shape index (κ2) is 5.76. The minimum absolute atomic E-state index is 0.00545. The van der Waals surface area contributed by atoms with E-state index < -0.39 is 0 Å². The molecule has 116 valence electrons. The molecule has 4 heterocycles. The fourth-order valence-electron chi connectivity index (χ4n) is 2.95. The van der Waals surface area contributed by atoms with E-state index in [1.165, 1.54) is 0 Å². The van der Waals surface area contributed by atoms with Crippen LogP contribution in [0.25, 0.3) is 5.52 Å². The molecule has 1 amide bonds. The molecule has 0 N–H and O–H groups in total. The highest BCUT2D eigenvalue weighted by Crippen LogP contribution is 2.19. The summed E-state index contributed by atoms with van der Waals surface area (Å²) < 4.78 is 7.80. The quantitative estimate of drug-likeness (QED) is 0.747. The number of amides is 1. The molecule has 0 unspecified atom stereocenters. The lowest BCUT2D eigenvalue weighted by Crippen LogP contribution is -2.30. The number of likely N-dealkylation sites (tertiary alicyclic amines) is 1. The van der Waals surface area contributed by atoms with Crippen LogP contribution in [-0.4, -0.2) is 39.4 Å². The van der Waals surface area contributed by atoms with Crippen LogP contribution in [0.4, 0.5) is 0 Å². The maximum atomic E-state index is 12.7. The number of hydrogen-bond acceptors (Lipinski definition) is 3. The number of carbonyl (C=O) groups is 1. The van der Waals surface area contributed by atoms with Crippen molar-refractivity contribution in [3.63, 3.8) is 0 Å². The van der Waals surface area contributed by atoms with Crippen molar-refractivity contribution in [1.82, 2.24) is 14.3 Å². The Labute approximate surface area is 134 Å². The van der Waals surface area contributed by atoms with Gasteiger partial charge in [-0.3, -0.25) is 4.79 Å². The minimum Gasteiger partial charge on any atom is -0.472 e. The smallest absolute Gasteiger partial charge is 0.255 e. The first kappa shape index (κ1) is 13.8. The van der Waals surface area contributed by atoms with Gasteiger partial charge in [0.25, 0.3) is 5.91 Å². The predicted octanol–water partition coefficient (Wildman–Crippen LogP) is 2.63. The summed E-state index contributed by atoms with van der Waals surface area (Å²) in [4.78, 5) is 18.7. The van der Waals surface area contributed by atoms with Crippen LogP contribution in [0.1, 0.15) is 16.8 Å². The molecule has 1 aliphatic heterocycles. The second-order valence-electron chi connectivity index (χ2n) is 5.71. The van der Waals surface area contributed by atoms with Gasteiger partial charge in [0.05, 0.1) is 12.1 Å². The lowest BCUT2D eigenvalue weighted by molar-refractivity contribution is 0.0771. The molecule has 5 nitrogen and oxygen atoms in total. The molecule has 0 spiro atoms. The first-order chi connectivity index (χ1) is 11.3. The zero-order chi connectivity index (χ0) is 15.6. The molecular formula is C18H17N3O2. The topological polar surface area (TPSA) is 46.8 Å². The molecule has 1 aliphatic rings. The second-order valence-corrected chi connectivity index (χ2v) is 5.71. The zero-order valence-electron chi connectivity index (χ0n) is 12.6. The lowest BCUT2D eigenvalue weighted by Gasteiger charge is -2.16. The standard InChI is InChI=1S/C18H17N3O2/c22-18(14-11-15-5-2-4-9-20(15)12-14)21-10-7-16(13-21)23-17-6-1-3-8-19-17/h1-6,8-9,11-12,16H,7,10,13H2/t16-/m0/s1. The van der Waals surface area contributed by atoms with Crippen LogP contribution in [0, 0.1) is 0 Å². The molecule has 3 aromatic heterocycles. The molecule has 1 atom stereocenters. The Morgan fingerprint density at radius 2 is 2.13 bits per heavy atom. The number of carbonyl (C=O) groups excluding carboxylic acids is 1. The summed E-state index contributed by atoms with van der Waals surface area (Å²) in [5, 5.41) is 0. The van der Waals surface area contributed by atoms with Gasteiger partial charge >= 0.3 is 0 Å². The number of pyridine rings is 2. The summed E-state index contributed by atoms with van der Waals surface area (Å²) in [6.45, 7) is 1.31. The zero-order valence-corrected chi connectivity index (χ0v) is 12.6. The molecular weight excluding hydrogens is 290 g/mol. The van der Waals surface area contributed by atoms with Crippen LogP contribution in [0.5, 0.6) is 5.88 Å². The van der Waals surface area contributed by atoms with Gasteiger partial charge in [-0.15, -0.1) is 0 Å². The van der Waals surface area contributed by atoms with E-state index in [1.807, 2.05) is 64.2 Å². The fourth-order valence-corrected chi connectivity index (χ4v) is 2.95. The highest BCUT2D eigenvalue weighted by molar-refractivity contribution is 5.95. The van der Waals surface area contributed by atoms with E-state index in [1.54, 1.807) is 6.20 Å². The average Bonchev–Trinajstić information content (AvgIpc) is 3.21. The summed E-state index contributed by atoms with van der Waals surface area (Å²) in [5.41, 5.74) is 1.74. The van der Waals surface area contributed by atoms with Gasteiger partial charge in [-0.05, 0) is 24.3 Å². The first-order valence-corrected chi connectivity index (χ1v) is 7.73. The highest BCUT2D eigenvalue weighted by Gasteiger charge is 2.29. The third-order valence-corrected chi connectivity index (χ3v) is 4.11. The van der Waals surface area contributed by atoms with Gasteiger partial charge in [0, 0.05) is 43.1 Å².